The highest BCUT2D eigenvalue weighted by molar-refractivity contribution is 7.89. The van der Waals surface area contributed by atoms with E-state index in [4.69, 9.17) is 16.3 Å². The third kappa shape index (κ3) is 6.94. The van der Waals surface area contributed by atoms with Crippen LogP contribution in [0.15, 0.2) is 53.4 Å². The van der Waals surface area contributed by atoms with Gasteiger partial charge in [0.1, 0.15) is 6.54 Å². The van der Waals surface area contributed by atoms with Crippen LogP contribution in [0.1, 0.15) is 35.8 Å². The SMILES string of the molecule is CC(=O)c1ccc(S(=O)(=O)NCC(=O)OCC(=O)NC(C)c2ccc(Cl)cc2)cc1. The molecule has 0 saturated heterocycles. The number of rotatable bonds is 9. The van der Waals surface area contributed by atoms with Gasteiger partial charge in [-0.05, 0) is 43.7 Å². The van der Waals surface area contributed by atoms with Crippen molar-refractivity contribution in [1.82, 2.24) is 10.0 Å². The lowest BCUT2D eigenvalue weighted by atomic mass is 10.1. The molecule has 1 amide bonds. The molecule has 2 rings (SSSR count). The average molecular weight is 453 g/mol. The summed E-state index contributed by atoms with van der Waals surface area (Å²) >= 11 is 5.82. The zero-order chi connectivity index (χ0) is 22.3. The number of carbonyl (C=O) groups excluding carboxylic acids is 3. The molecule has 2 aromatic rings. The predicted molar refractivity (Wildman–Crippen MR) is 111 cm³/mol. The van der Waals surface area contributed by atoms with Crippen molar-refractivity contribution in [1.29, 1.82) is 0 Å². The number of nitrogens with one attached hydrogen (secondary N) is 2. The first-order chi connectivity index (χ1) is 14.1. The van der Waals surface area contributed by atoms with Gasteiger partial charge in [-0.3, -0.25) is 14.4 Å². The first kappa shape index (κ1) is 23.5. The van der Waals surface area contributed by atoms with E-state index in [1.165, 1.54) is 31.2 Å². The van der Waals surface area contributed by atoms with Gasteiger partial charge < -0.3 is 10.1 Å². The zero-order valence-corrected chi connectivity index (χ0v) is 17.9. The lowest BCUT2D eigenvalue weighted by Gasteiger charge is -2.14. The molecule has 0 bridgehead atoms. The summed E-state index contributed by atoms with van der Waals surface area (Å²) in [6.45, 7) is 1.93. The van der Waals surface area contributed by atoms with E-state index in [0.717, 1.165) is 5.56 Å². The Hall–Kier alpha value is -2.75. The largest absolute Gasteiger partial charge is 0.455 e. The average Bonchev–Trinajstić information content (AvgIpc) is 2.71. The zero-order valence-electron chi connectivity index (χ0n) is 16.3. The maximum absolute atomic E-state index is 12.2. The van der Waals surface area contributed by atoms with Crippen molar-refractivity contribution in [2.24, 2.45) is 0 Å². The molecular weight excluding hydrogens is 432 g/mol. The lowest BCUT2D eigenvalue weighted by molar-refractivity contribution is -0.147. The number of halogens is 1. The number of ether oxygens (including phenoxy) is 1. The Morgan fingerprint density at radius 1 is 1.03 bits per heavy atom. The second-order valence-electron chi connectivity index (χ2n) is 6.41. The van der Waals surface area contributed by atoms with Gasteiger partial charge in [-0.15, -0.1) is 0 Å². The van der Waals surface area contributed by atoms with Crippen LogP contribution in [0.5, 0.6) is 0 Å². The van der Waals surface area contributed by atoms with E-state index in [1.807, 2.05) is 0 Å². The standard InChI is InChI=1S/C20H21ClN2O6S/c1-13(15-3-7-17(21)8-4-15)23-19(25)12-29-20(26)11-22-30(27,28)18-9-5-16(6-10-18)14(2)24/h3-10,13,22H,11-12H2,1-2H3,(H,23,25). The predicted octanol–water partition coefficient (Wildman–Crippen LogP) is 2.24. The van der Waals surface area contributed by atoms with Crippen LogP contribution in [-0.4, -0.2) is 39.2 Å². The van der Waals surface area contributed by atoms with Gasteiger partial charge in [0.25, 0.3) is 5.91 Å². The van der Waals surface area contributed by atoms with Crippen LogP contribution in [0.2, 0.25) is 5.02 Å². The van der Waals surface area contributed by atoms with Gasteiger partial charge in [-0.25, -0.2) is 8.42 Å². The molecule has 2 aromatic carbocycles. The Morgan fingerprint density at radius 2 is 1.63 bits per heavy atom. The Kier molecular flexibility index (Phi) is 8.10. The molecule has 0 saturated carbocycles. The molecule has 0 spiro atoms. The first-order valence-corrected chi connectivity index (χ1v) is 10.8. The fourth-order valence-corrected chi connectivity index (χ4v) is 3.52. The van der Waals surface area contributed by atoms with Crippen molar-refractivity contribution in [3.8, 4) is 0 Å². The third-order valence-corrected chi connectivity index (χ3v) is 5.76. The van der Waals surface area contributed by atoms with Gasteiger partial charge in [0.2, 0.25) is 10.0 Å². The third-order valence-electron chi connectivity index (χ3n) is 4.09. The molecular formula is C20H21ClN2O6S. The molecule has 8 nitrogen and oxygen atoms in total. The summed E-state index contributed by atoms with van der Waals surface area (Å²) in [6.07, 6.45) is 0. The van der Waals surface area contributed by atoms with E-state index in [-0.39, 0.29) is 16.7 Å². The fraction of sp³-hybridized carbons (Fsp3) is 0.250. The van der Waals surface area contributed by atoms with Gasteiger partial charge in [0.15, 0.2) is 12.4 Å². The molecule has 1 unspecified atom stereocenters. The maximum atomic E-state index is 12.2. The Morgan fingerprint density at radius 3 is 2.20 bits per heavy atom. The van der Waals surface area contributed by atoms with Crippen molar-refractivity contribution in [3.05, 3.63) is 64.7 Å². The summed E-state index contributed by atoms with van der Waals surface area (Å²) in [7, 11) is -3.97. The number of hydrogen-bond acceptors (Lipinski definition) is 6. The van der Waals surface area contributed by atoms with Crippen molar-refractivity contribution in [2.45, 2.75) is 24.8 Å². The molecule has 0 heterocycles. The number of esters is 1. The summed E-state index contributed by atoms with van der Waals surface area (Å²) in [5, 5.41) is 3.23. The summed E-state index contributed by atoms with van der Waals surface area (Å²) in [4.78, 5) is 34.8. The summed E-state index contributed by atoms with van der Waals surface area (Å²) in [5.41, 5.74) is 1.19. The van der Waals surface area contributed by atoms with Gasteiger partial charge in [-0.2, -0.15) is 4.72 Å². The van der Waals surface area contributed by atoms with Crippen molar-refractivity contribution < 1.29 is 27.5 Å². The monoisotopic (exact) mass is 452 g/mol. The molecule has 1 atom stereocenters. The number of ketones is 1. The first-order valence-electron chi connectivity index (χ1n) is 8.89. The second kappa shape index (κ2) is 10.3. The lowest BCUT2D eigenvalue weighted by Crippen LogP contribution is -2.34. The summed E-state index contributed by atoms with van der Waals surface area (Å²) in [6, 6.07) is 11.9. The highest BCUT2D eigenvalue weighted by atomic mass is 35.5. The van der Waals surface area contributed by atoms with Crippen LogP contribution >= 0.6 is 11.6 Å². The Labute approximate surface area is 179 Å². The van der Waals surface area contributed by atoms with Crippen LogP contribution in [0.3, 0.4) is 0 Å². The number of sulfonamides is 1. The molecule has 10 heteroatoms. The van der Waals surface area contributed by atoms with Crippen LogP contribution < -0.4 is 10.0 Å². The molecule has 160 valence electrons. The van der Waals surface area contributed by atoms with E-state index in [1.54, 1.807) is 31.2 Å². The van der Waals surface area contributed by atoms with E-state index < -0.39 is 35.1 Å². The highest BCUT2D eigenvalue weighted by Gasteiger charge is 2.17. The Balaban J connectivity index is 1.80. The number of Topliss-reactive ketones (excluding diaryl/α,β-unsaturated/α-hetero) is 1. The van der Waals surface area contributed by atoms with E-state index in [9.17, 15) is 22.8 Å². The highest BCUT2D eigenvalue weighted by Crippen LogP contribution is 2.16. The maximum Gasteiger partial charge on any atom is 0.321 e. The molecule has 2 N–H and O–H groups in total. The smallest absolute Gasteiger partial charge is 0.321 e. The quantitative estimate of drug-likeness (QED) is 0.445. The van der Waals surface area contributed by atoms with Gasteiger partial charge in [0.05, 0.1) is 10.9 Å². The number of carbonyl (C=O) groups is 3. The molecule has 0 aliphatic heterocycles. The van der Waals surface area contributed by atoms with Gasteiger partial charge in [-0.1, -0.05) is 35.9 Å². The van der Waals surface area contributed by atoms with E-state index >= 15 is 0 Å². The normalized spacial score (nSPS) is 12.1. The molecule has 0 fully saturated rings. The molecule has 0 aliphatic carbocycles. The Bertz CT molecular complexity index is 1020. The minimum Gasteiger partial charge on any atom is -0.455 e. The minimum atomic E-state index is -3.97. The van der Waals surface area contributed by atoms with Crippen LogP contribution in [0.25, 0.3) is 0 Å². The molecule has 0 radical (unpaired) electrons. The molecule has 30 heavy (non-hydrogen) atoms. The molecule has 0 aliphatic rings. The van der Waals surface area contributed by atoms with E-state index in [2.05, 4.69) is 10.0 Å². The number of amides is 1. The summed E-state index contributed by atoms with van der Waals surface area (Å²) in [5.74, 6) is -1.64. The fourth-order valence-electron chi connectivity index (χ4n) is 2.42. The second-order valence-corrected chi connectivity index (χ2v) is 8.61. The van der Waals surface area contributed by atoms with Crippen molar-refractivity contribution in [2.75, 3.05) is 13.2 Å². The van der Waals surface area contributed by atoms with E-state index in [0.29, 0.717) is 10.6 Å². The number of hydrogen-bond donors (Lipinski definition) is 2. The summed E-state index contributed by atoms with van der Waals surface area (Å²) < 4.78 is 31.3. The minimum absolute atomic E-state index is 0.102. The van der Waals surface area contributed by atoms with Crippen LogP contribution in [-0.2, 0) is 24.3 Å². The van der Waals surface area contributed by atoms with Gasteiger partial charge in [0, 0.05) is 10.6 Å². The van der Waals surface area contributed by atoms with Crippen molar-refractivity contribution >= 4 is 39.3 Å². The topological polar surface area (TPSA) is 119 Å². The molecule has 0 aromatic heterocycles. The van der Waals surface area contributed by atoms with Crippen LogP contribution in [0.4, 0.5) is 0 Å². The van der Waals surface area contributed by atoms with Crippen molar-refractivity contribution in [3.63, 3.8) is 0 Å². The number of benzene rings is 2. The van der Waals surface area contributed by atoms with Gasteiger partial charge >= 0.3 is 5.97 Å². The van der Waals surface area contributed by atoms with Crippen LogP contribution in [0, 0.1) is 0 Å².